The average molecular weight is 474 g/mol. The van der Waals surface area contributed by atoms with Gasteiger partial charge in [0.25, 0.3) is 0 Å². The van der Waals surface area contributed by atoms with Crippen molar-refractivity contribution in [3.63, 3.8) is 0 Å². The van der Waals surface area contributed by atoms with Gasteiger partial charge in [0.05, 0.1) is 29.5 Å². The Morgan fingerprint density at radius 3 is 2.71 bits per heavy atom. The van der Waals surface area contributed by atoms with Crippen LogP contribution in [0, 0.1) is 26.7 Å². The van der Waals surface area contributed by atoms with Gasteiger partial charge in [0.2, 0.25) is 0 Å². The van der Waals surface area contributed by atoms with Gasteiger partial charge in [-0.3, -0.25) is 4.99 Å². The van der Waals surface area contributed by atoms with Crippen molar-refractivity contribution in [1.82, 2.24) is 20.1 Å². The van der Waals surface area contributed by atoms with Crippen LogP contribution in [0.1, 0.15) is 43.5 Å². The zero-order chi connectivity index (χ0) is 24.7. The number of ether oxygens (including phenoxy) is 1. The van der Waals surface area contributed by atoms with Gasteiger partial charge >= 0.3 is 0 Å². The summed E-state index contributed by atoms with van der Waals surface area (Å²) in [6.07, 6.45) is 5.23. The second kappa shape index (κ2) is 9.05. The maximum Gasteiger partial charge on any atom is 0.144 e. The highest BCUT2D eigenvalue weighted by molar-refractivity contribution is 6.13. The van der Waals surface area contributed by atoms with E-state index in [4.69, 9.17) is 20.0 Å². The number of allylic oxidation sites excluding steroid dienone is 2. The quantitative estimate of drug-likeness (QED) is 0.316. The molecule has 1 aliphatic rings. The van der Waals surface area contributed by atoms with E-state index in [0.29, 0.717) is 24.1 Å². The predicted octanol–water partition coefficient (Wildman–Crippen LogP) is 5.17. The number of benzene rings is 1. The van der Waals surface area contributed by atoms with Gasteiger partial charge in [-0.05, 0) is 52.7 Å². The van der Waals surface area contributed by atoms with Gasteiger partial charge in [-0.25, -0.2) is 9.97 Å². The minimum atomic E-state index is 0.375. The van der Waals surface area contributed by atoms with Gasteiger partial charge in [-0.15, -0.1) is 0 Å². The van der Waals surface area contributed by atoms with Crippen LogP contribution >= 0.6 is 0 Å². The molecule has 9 nitrogen and oxygen atoms in total. The highest BCUT2D eigenvalue weighted by Crippen LogP contribution is 2.41. The third-order valence-electron chi connectivity index (χ3n) is 6.70. The minimum absolute atomic E-state index is 0.375. The van der Waals surface area contributed by atoms with E-state index in [0.717, 1.165) is 74.5 Å². The number of aryl methyl sites for hydroxylation is 3. The predicted molar refractivity (Wildman–Crippen MR) is 139 cm³/mol. The maximum absolute atomic E-state index is 6.57. The summed E-state index contributed by atoms with van der Waals surface area (Å²) in [4.78, 5) is 17.3. The average Bonchev–Trinajstić information content (AvgIpc) is 3.32. The third-order valence-corrected chi connectivity index (χ3v) is 6.70. The molecule has 0 spiro atoms. The van der Waals surface area contributed by atoms with Crippen LogP contribution in [0.4, 0.5) is 5.82 Å². The number of anilines is 1. The number of nitrogens with zero attached hydrogens (tertiary/aromatic N) is 4. The van der Waals surface area contributed by atoms with Gasteiger partial charge in [0.15, 0.2) is 0 Å². The Morgan fingerprint density at radius 2 is 2.09 bits per heavy atom. The van der Waals surface area contributed by atoms with Crippen LogP contribution in [0.15, 0.2) is 33.0 Å². The fourth-order valence-corrected chi connectivity index (χ4v) is 4.69. The largest absolute Gasteiger partial charge is 0.496 e. The first-order valence-electron chi connectivity index (χ1n) is 12.0. The van der Waals surface area contributed by atoms with E-state index in [2.05, 4.69) is 31.5 Å². The van der Waals surface area contributed by atoms with Crippen molar-refractivity contribution in [3.05, 3.63) is 40.8 Å². The molecule has 0 amide bonds. The molecule has 4 N–H and O–H groups in total. The number of aliphatic imine (C=N–C) groups is 1. The Morgan fingerprint density at radius 1 is 1.29 bits per heavy atom. The summed E-state index contributed by atoms with van der Waals surface area (Å²) in [5, 5.41) is 9.43. The molecule has 0 aliphatic heterocycles. The first kappa shape index (κ1) is 22.9. The molecule has 4 aromatic rings. The summed E-state index contributed by atoms with van der Waals surface area (Å²) < 4.78 is 11.2. The lowest BCUT2D eigenvalue weighted by Gasteiger charge is -2.27. The van der Waals surface area contributed by atoms with E-state index in [1.165, 1.54) is 6.42 Å². The third kappa shape index (κ3) is 4.00. The molecule has 3 heterocycles. The molecule has 0 unspecified atom stereocenters. The Kier molecular flexibility index (Phi) is 5.92. The van der Waals surface area contributed by atoms with Crippen molar-refractivity contribution in [2.45, 2.75) is 47.0 Å². The van der Waals surface area contributed by atoms with Crippen LogP contribution in [0.25, 0.3) is 33.1 Å². The molecule has 35 heavy (non-hydrogen) atoms. The lowest BCUT2D eigenvalue weighted by Crippen LogP contribution is -2.24. The number of fused-ring (bicyclic) bond motifs is 3. The molecule has 9 heteroatoms. The van der Waals surface area contributed by atoms with Crippen molar-refractivity contribution in [2.24, 2.45) is 16.6 Å². The van der Waals surface area contributed by atoms with E-state index in [1.807, 2.05) is 40.0 Å². The number of hydrogen-bond donors (Lipinski definition) is 3. The van der Waals surface area contributed by atoms with Gasteiger partial charge in [-0.2, -0.15) is 0 Å². The van der Waals surface area contributed by atoms with Crippen molar-refractivity contribution in [2.75, 3.05) is 19.0 Å². The van der Waals surface area contributed by atoms with Crippen molar-refractivity contribution in [3.8, 4) is 16.9 Å². The number of aromatic amines is 1. The Labute approximate surface area is 203 Å². The lowest BCUT2D eigenvalue weighted by molar-refractivity contribution is 0.364. The number of hydrogen-bond acceptors (Lipinski definition) is 8. The summed E-state index contributed by atoms with van der Waals surface area (Å²) in [5.74, 6) is 3.17. The number of aromatic nitrogens is 4. The number of methoxy groups -OCH3 is 1. The highest BCUT2D eigenvalue weighted by atomic mass is 16.5. The number of rotatable bonds is 7. The Bertz CT molecular complexity index is 1450. The smallest absolute Gasteiger partial charge is 0.144 e. The fourth-order valence-electron chi connectivity index (χ4n) is 4.69. The zero-order valence-corrected chi connectivity index (χ0v) is 20.8. The molecule has 0 saturated heterocycles. The SMILES string of the molecule is CCN=CC(Nc1nc(C)nc2[nH]c3cc(-c4c(C)noc4C)c(OC)cc3c12)=C(N)C1CCC1. The second-order valence-electron chi connectivity index (χ2n) is 9.02. The van der Waals surface area contributed by atoms with Gasteiger partial charge in [0, 0.05) is 40.8 Å². The highest BCUT2D eigenvalue weighted by Gasteiger charge is 2.24. The monoisotopic (exact) mass is 473 g/mol. The van der Waals surface area contributed by atoms with Crippen LogP contribution in [0.2, 0.25) is 0 Å². The van der Waals surface area contributed by atoms with Crippen LogP contribution < -0.4 is 15.8 Å². The lowest BCUT2D eigenvalue weighted by atomic mass is 9.82. The standard InChI is InChI=1S/C26H31N7O2/c1-6-28-12-20(24(27)16-8-7-9-16)32-26-23-17-11-21(34-5)18(22-13(2)33-35-14(22)3)10-19(17)31-25(23)29-15(4)30-26/h10-12,16H,6-9,27H2,1-5H3,(H2,29,30,31,32). The Hall–Kier alpha value is -3.88. The zero-order valence-electron chi connectivity index (χ0n) is 20.8. The van der Waals surface area contributed by atoms with E-state index in [-0.39, 0.29) is 0 Å². The van der Waals surface area contributed by atoms with E-state index in [9.17, 15) is 0 Å². The fraction of sp³-hybridized carbons (Fsp3) is 0.385. The van der Waals surface area contributed by atoms with Gasteiger partial charge in [0.1, 0.15) is 28.8 Å². The molecule has 1 aromatic carbocycles. The van der Waals surface area contributed by atoms with Crippen LogP contribution in [0.5, 0.6) is 5.75 Å². The Balaban J connectivity index is 1.70. The van der Waals surface area contributed by atoms with Gasteiger partial charge in [-0.1, -0.05) is 11.6 Å². The normalized spacial score (nSPS) is 15.1. The van der Waals surface area contributed by atoms with Crippen molar-refractivity contribution < 1.29 is 9.26 Å². The van der Waals surface area contributed by atoms with Crippen molar-refractivity contribution >= 4 is 34.0 Å². The van der Waals surface area contributed by atoms with E-state index >= 15 is 0 Å². The molecular weight excluding hydrogens is 442 g/mol. The second-order valence-corrected chi connectivity index (χ2v) is 9.02. The number of nitrogens with one attached hydrogen (secondary N) is 2. The number of nitrogens with two attached hydrogens (primary N) is 1. The maximum atomic E-state index is 6.57. The van der Waals surface area contributed by atoms with Crippen molar-refractivity contribution in [1.29, 1.82) is 0 Å². The van der Waals surface area contributed by atoms with Gasteiger partial charge < -0.3 is 25.3 Å². The molecule has 1 fully saturated rings. The van der Waals surface area contributed by atoms with Crippen LogP contribution in [-0.4, -0.2) is 40.0 Å². The molecule has 182 valence electrons. The molecular formula is C26H31N7O2. The molecule has 5 rings (SSSR count). The van der Waals surface area contributed by atoms with Crippen LogP contribution in [-0.2, 0) is 0 Å². The van der Waals surface area contributed by atoms with Crippen LogP contribution in [0.3, 0.4) is 0 Å². The number of H-pyrrole nitrogens is 1. The molecule has 0 atom stereocenters. The summed E-state index contributed by atoms with van der Waals surface area (Å²) >= 11 is 0. The summed E-state index contributed by atoms with van der Waals surface area (Å²) in [6.45, 7) is 8.39. The summed E-state index contributed by atoms with van der Waals surface area (Å²) in [6, 6.07) is 4.07. The molecule has 1 aliphatic carbocycles. The molecule has 0 bridgehead atoms. The van der Waals surface area contributed by atoms with E-state index in [1.54, 1.807) is 7.11 Å². The molecule has 1 saturated carbocycles. The van der Waals surface area contributed by atoms with E-state index < -0.39 is 0 Å². The molecule has 3 aromatic heterocycles. The topological polar surface area (TPSA) is 127 Å². The minimum Gasteiger partial charge on any atom is -0.496 e. The molecule has 0 radical (unpaired) electrons. The first-order chi connectivity index (χ1) is 16.9. The summed E-state index contributed by atoms with van der Waals surface area (Å²) in [7, 11) is 1.67. The summed E-state index contributed by atoms with van der Waals surface area (Å²) in [5.41, 5.74) is 12.5. The first-order valence-corrected chi connectivity index (χ1v) is 12.0.